The molecule has 9 nitrogen and oxygen atoms in total. The highest BCUT2D eigenvalue weighted by atomic mass is 16.5. The van der Waals surface area contributed by atoms with E-state index in [9.17, 15) is 4.79 Å². The van der Waals surface area contributed by atoms with E-state index in [1.54, 1.807) is 36.2 Å². The van der Waals surface area contributed by atoms with Crippen molar-refractivity contribution in [2.45, 2.75) is 39.2 Å². The zero-order valence-electron chi connectivity index (χ0n) is 19.6. The summed E-state index contributed by atoms with van der Waals surface area (Å²) in [4.78, 5) is 21.5. The average molecular weight is 460 g/mol. The number of methoxy groups -OCH3 is 1. The van der Waals surface area contributed by atoms with Gasteiger partial charge in [-0.1, -0.05) is 20.3 Å². The van der Waals surface area contributed by atoms with E-state index in [4.69, 9.17) is 9.84 Å². The van der Waals surface area contributed by atoms with Crippen molar-refractivity contribution in [1.82, 2.24) is 19.6 Å². The molecule has 0 spiro atoms. The Hall–Kier alpha value is -4.14. The summed E-state index contributed by atoms with van der Waals surface area (Å²) in [7, 11) is 1.64. The average Bonchev–Trinajstić information content (AvgIpc) is 3.29. The van der Waals surface area contributed by atoms with Crippen LogP contribution in [0.25, 0.3) is 5.65 Å². The van der Waals surface area contributed by atoms with Gasteiger partial charge in [-0.05, 0) is 49.2 Å². The van der Waals surface area contributed by atoms with Crippen molar-refractivity contribution < 1.29 is 9.53 Å². The largest absolute Gasteiger partial charge is 0.497 e. The maximum Gasteiger partial charge on any atom is 0.276 e. The number of amides is 1. The van der Waals surface area contributed by atoms with Crippen molar-refractivity contribution >= 4 is 34.4 Å². The third kappa shape index (κ3) is 5.25. The monoisotopic (exact) mass is 459 g/mol. The SMILES string of the molecule is CCC[C@@H](CC)Nc1cc(Nc2ccc(OC)cc2)c2ncc(C(=O)Nc3ccncc3)n2n1. The molecule has 0 aliphatic heterocycles. The first-order chi connectivity index (χ1) is 16.6. The summed E-state index contributed by atoms with van der Waals surface area (Å²) in [6.45, 7) is 4.31. The van der Waals surface area contributed by atoms with Crippen molar-refractivity contribution in [3.05, 3.63) is 66.7 Å². The summed E-state index contributed by atoms with van der Waals surface area (Å²) in [6.07, 6.45) is 7.84. The lowest BCUT2D eigenvalue weighted by Gasteiger charge is -2.18. The standard InChI is InChI=1S/C25H29N7O2/c1-4-6-17(5-2)29-23-15-21(28-18-7-9-20(34-3)10-8-18)24-27-16-22(32(24)31-23)25(33)30-19-11-13-26-14-12-19/h7-17,28H,4-6H2,1-3H3,(H,29,31)(H,26,30,33)/t17-/m1/s1. The minimum absolute atomic E-state index is 0.279. The van der Waals surface area contributed by atoms with Crippen LogP contribution in [0.5, 0.6) is 5.75 Å². The summed E-state index contributed by atoms with van der Waals surface area (Å²) >= 11 is 0. The Morgan fingerprint density at radius 3 is 2.53 bits per heavy atom. The van der Waals surface area contributed by atoms with Gasteiger partial charge in [0.15, 0.2) is 11.3 Å². The molecule has 0 saturated heterocycles. The fourth-order valence-electron chi connectivity index (χ4n) is 3.68. The van der Waals surface area contributed by atoms with E-state index in [-0.39, 0.29) is 11.9 Å². The second kappa shape index (κ2) is 10.7. The highest BCUT2D eigenvalue weighted by Gasteiger charge is 2.18. The summed E-state index contributed by atoms with van der Waals surface area (Å²) in [6, 6.07) is 13.3. The number of benzene rings is 1. The minimum atomic E-state index is -0.306. The number of nitrogens with zero attached hydrogens (tertiary/aromatic N) is 4. The van der Waals surface area contributed by atoms with Crippen LogP contribution in [0.4, 0.5) is 22.9 Å². The first kappa shape index (κ1) is 23.0. The van der Waals surface area contributed by atoms with Gasteiger partial charge in [0.2, 0.25) is 0 Å². The highest BCUT2D eigenvalue weighted by molar-refractivity contribution is 6.03. The molecule has 0 radical (unpaired) electrons. The van der Waals surface area contributed by atoms with Crippen LogP contribution in [-0.2, 0) is 0 Å². The Balaban J connectivity index is 1.72. The highest BCUT2D eigenvalue weighted by Crippen LogP contribution is 2.26. The maximum absolute atomic E-state index is 13.0. The normalized spacial score (nSPS) is 11.7. The predicted octanol–water partition coefficient (Wildman–Crippen LogP) is 5.12. The Kier molecular flexibility index (Phi) is 7.22. The van der Waals surface area contributed by atoms with Crippen molar-refractivity contribution in [3.8, 4) is 5.75 Å². The molecule has 0 saturated carbocycles. The molecule has 176 valence electrons. The molecule has 34 heavy (non-hydrogen) atoms. The van der Waals surface area contributed by atoms with E-state index in [1.165, 1.54) is 6.20 Å². The second-order valence-corrected chi connectivity index (χ2v) is 7.90. The van der Waals surface area contributed by atoms with Crippen LogP contribution in [0.2, 0.25) is 0 Å². The molecule has 0 fully saturated rings. The quantitative estimate of drug-likeness (QED) is 0.302. The number of carbonyl (C=O) groups is 1. The zero-order valence-corrected chi connectivity index (χ0v) is 19.6. The van der Waals surface area contributed by atoms with Crippen LogP contribution in [0, 0.1) is 0 Å². The van der Waals surface area contributed by atoms with E-state index in [1.807, 2.05) is 30.3 Å². The molecule has 0 bridgehead atoms. The molecule has 3 aromatic heterocycles. The van der Waals surface area contributed by atoms with Crippen LogP contribution in [0.1, 0.15) is 43.6 Å². The van der Waals surface area contributed by atoms with Gasteiger partial charge in [0.05, 0.1) is 19.0 Å². The predicted molar refractivity (Wildman–Crippen MR) is 134 cm³/mol. The lowest BCUT2D eigenvalue weighted by Crippen LogP contribution is -2.21. The number of carbonyl (C=O) groups excluding carboxylic acids is 1. The number of aromatic nitrogens is 4. The number of imidazole rings is 1. The van der Waals surface area contributed by atoms with Gasteiger partial charge in [0.25, 0.3) is 5.91 Å². The first-order valence-electron chi connectivity index (χ1n) is 11.4. The van der Waals surface area contributed by atoms with Gasteiger partial charge < -0.3 is 20.7 Å². The number of hydrogen-bond donors (Lipinski definition) is 3. The van der Waals surface area contributed by atoms with E-state index in [0.29, 0.717) is 22.8 Å². The number of rotatable bonds is 10. The van der Waals surface area contributed by atoms with Gasteiger partial charge in [0, 0.05) is 35.9 Å². The van der Waals surface area contributed by atoms with Gasteiger partial charge >= 0.3 is 0 Å². The summed E-state index contributed by atoms with van der Waals surface area (Å²) in [5.41, 5.74) is 3.12. The van der Waals surface area contributed by atoms with E-state index in [0.717, 1.165) is 36.4 Å². The van der Waals surface area contributed by atoms with Gasteiger partial charge in [0.1, 0.15) is 11.6 Å². The molecule has 9 heteroatoms. The molecule has 1 amide bonds. The van der Waals surface area contributed by atoms with E-state index in [2.05, 4.69) is 39.8 Å². The van der Waals surface area contributed by atoms with Crippen LogP contribution in [0.3, 0.4) is 0 Å². The Labute approximate surface area is 198 Å². The number of nitrogens with one attached hydrogen (secondary N) is 3. The molecule has 3 heterocycles. The third-order valence-electron chi connectivity index (χ3n) is 5.49. The Morgan fingerprint density at radius 2 is 1.85 bits per heavy atom. The van der Waals surface area contributed by atoms with Crippen LogP contribution < -0.4 is 20.7 Å². The number of pyridine rings is 1. The van der Waals surface area contributed by atoms with Crippen molar-refractivity contribution in [2.24, 2.45) is 0 Å². The lowest BCUT2D eigenvalue weighted by molar-refractivity contribution is 0.102. The molecular formula is C25H29N7O2. The summed E-state index contributed by atoms with van der Waals surface area (Å²) in [5, 5.41) is 14.5. The third-order valence-corrected chi connectivity index (χ3v) is 5.49. The summed E-state index contributed by atoms with van der Waals surface area (Å²) in [5.74, 6) is 1.13. The topological polar surface area (TPSA) is 105 Å². The van der Waals surface area contributed by atoms with Crippen molar-refractivity contribution in [3.63, 3.8) is 0 Å². The van der Waals surface area contributed by atoms with Crippen molar-refractivity contribution in [1.29, 1.82) is 0 Å². The summed E-state index contributed by atoms with van der Waals surface area (Å²) < 4.78 is 6.83. The molecule has 1 aromatic carbocycles. The Morgan fingerprint density at radius 1 is 1.09 bits per heavy atom. The fourth-order valence-corrected chi connectivity index (χ4v) is 3.68. The molecule has 0 aliphatic rings. The van der Waals surface area contributed by atoms with E-state index < -0.39 is 0 Å². The zero-order chi connectivity index (χ0) is 23.9. The minimum Gasteiger partial charge on any atom is -0.497 e. The molecular weight excluding hydrogens is 430 g/mol. The molecule has 0 unspecified atom stereocenters. The van der Waals surface area contributed by atoms with E-state index >= 15 is 0 Å². The fraction of sp³-hybridized carbons (Fsp3) is 0.280. The number of fused-ring (bicyclic) bond motifs is 1. The van der Waals surface area contributed by atoms with Crippen LogP contribution in [0.15, 0.2) is 61.1 Å². The molecule has 4 rings (SSSR count). The van der Waals surface area contributed by atoms with Gasteiger partial charge in [-0.3, -0.25) is 9.78 Å². The smallest absolute Gasteiger partial charge is 0.276 e. The number of hydrogen-bond acceptors (Lipinski definition) is 7. The molecule has 0 aliphatic carbocycles. The molecule has 3 N–H and O–H groups in total. The van der Waals surface area contributed by atoms with Crippen LogP contribution >= 0.6 is 0 Å². The van der Waals surface area contributed by atoms with Gasteiger partial charge in [-0.15, -0.1) is 5.10 Å². The molecule has 1 atom stereocenters. The maximum atomic E-state index is 13.0. The van der Waals surface area contributed by atoms with Crippen molar-refractivity contribution in [2.75, 3.05) is 23.1 Å². The lowest BCUT2D eigenvalue weighted by atomic mass is 10.1. The first-order valence-corrected chi connectivity index (χ1v) is 11.4. The van der Waals surface area contributed by atoms with Gasteiger partial charge in [-0.2, -0.15) is 0 Å². The van der Waals surface area contributed by atoms with Gasteiger partial charge in [-0.25, -0.2) is 9.50 Å². The molecule has 4 aromatic rings. The second-order valence-electron chi connectivity index (χ2n) is 7.90. The Bertz CT molecular complexity index is 1240. The number of anilines is 4. The number of ether oxygens (including phenoxy) is 1. The van der Waals surface area contributed by atoms with Crippen LogP contribution in [-0.4, -0.2) is 38.6 Å².